The number of aromatic nitrogens is 2. The van der Waals surface area contributed by atoms with Gasteiger partial charge in [0.1, 0.15) is 5.82 Å². The normalized spacial score (nSPS) is 15.0. The monoisotopic (exact) mass is 366 g/mol. The van der Waals surface area contributed by atoms with Crippen molar-refractivity contribution in [2.45, 2.75) is 18.9 Å². The Hall–Kier alpha value is -3.06. The second-order valence-corrected chi connectivity index (χ2v) is 6.53. The average molecular weight is 366 g/mol. The van der Waals surface area contributed by atoms with E-state index in [0.29, 0.717) is 40.9 Å². The van der Waals surface area contributed by atoms with Crippen LogP contribution in [0.4, 0.5) is 10.1 Å². The molecule has 6 nitrogen and oxygen atoms in total. The van der Waals surface area contributed by atoms with Crippen LogP contribution in [0.15, 0.2) is 42.9 Å². The summed E-state index contributed by atoms with van der Waals surface area (Å²) >= 11 is 0. The Balaban J connectivity index is 1.88. The molecule has 3 heterocycles. The van der Waals surface area contributed by atoms with Crippen LogP contribution in [-0.2, 0) is 4.74 Å². The molecule has 0 bridgehead atoms. The Bertz CT molecular complexity index is 988. The number of halogens is 1. The third-order valence-electron chi connectivity index (χ3n) is 4.76. The lowest BCUT2D eigenvalue weighted by Crippen LogP contribution is -2.29. The van der Waals surface area contributed by atoms with Crippen LogP contribution in [-0.4, -0.2) is 35.1 Å². The molecule has 1 aliphatic rings. The maximum atomic E-state index is 14.7. The molecule has 0 unspecified atom stereocenters. The highest BCUT2D eigenvalue weighted by atomic mass is 19.1. The summed E-state index contributed by atoms with van der Waals surface area (Å²) in [5, 5.41) is 4.06. The number of pyridine rings is 2. The Morgan fingerprint density at radius 3 is 2.78 bits per heavy atom. The summed E-state index contributed by atoms with van der Waals surface area (Å²) in [6, 6.07) is 6.75. The van der Waals surface area contributed by atoms with Crippen molar-refractivity contribution < 1.29 is 13.9 Å². The van der Waals surface area contributed by atoms with E-state index in [1.807, 2.05) is 0 Å². The number of benzene rings is 1. The number of ether oxygens (including phenoxy) is 1. The Morgan fingerprint density at radius 1 is 1.26 bits per heavy atom. The summed E-state index contributed by atoms with van der Waals surface area (Å²) in [6.45, 7) is 1.31. The van der Waals surface area contributed by atoms with Gasteiger partial charge in [-0.1, -0.05) is 6.07 Å². The number of anilines is 1. The topological polar surface area (TPSA) is 90.1 Å². The number of fused-ring (bicyclic) bond motifs is 1. The van der Waals surface area contributed by atoms with E-state index >= 15 is 0 Å². The highest BCUT2D eigenvalue weighted by molar-refractivity contribution is 6.07. The predicted molar refractivity (Wildman–Crippen MR) is 101 cm³/mol. The fourth-order valence-corrected chi connectivity index (χ4v) is 3.35. The molecule has 2 aromatic heterocycles. The van der Waals surface area contributed by atoms with Gasteiger partial charge in [0.05, 0.1) is 16.8 Å². The number of primary amides is 1. The Labute approximate surface area is 155 Å². The zero-order valence-electron chi connectivity index (χ0n) is 14.6. The van der Waals surface area contributed by atoms with E-state index in [1.165, 1.54) is 12.3 Å². The molecule has 3 N–H and O–H groups in total. The smallest absolute Gasteiger partial charge is 0.252 e. The molecule has 1 aliphatic heterocycles. The van der Waals surface area contributed by atoms with Gasteiger partial charge < -0.3 is 15.8 Å². The number of amides is 1. The van der Waals surface area contributed by atoms with Crippen molar-refractivity contribution in [3.8, 4) is 11.1 Å². The van der Waals surface area contributed by atoms with Crippen molar-refractivity contribution in [2.75, 3.05) is 18.5 Å². The third kappa shape index (κ3) is 3.46. The van der Waals surface area contributed by atoms with Crippen molar-refractivity contribution in [2.24, 2.45) is 5.73 Å². The van der Waals surface area contributed by atoms with Gasteiger partial charge in [-0.05, 0) is 25.0 Å². The van der Waals surface area contributed by atoms with Crippen LogP contribution < -0.4 is 11.1 Å². The standard InChI is InChI=1S/C20H19FN4O2/c21-17-9-18-15(8-14(17)12-2-1-5-23-10-12)19(16(11-24-18)20(22)26)25-13-3-6-27-7-4-13/h1-2,5,8-11,13H,3-4,6-7H2,(H2,22,26)(H,24,25). The van der Waals surface area contributed by atoms with E-state index in [4.69, 9.17) is 10.5 Å². The van der Waals surface area contributed by atoms with Gasteiger partial charge in [-0.2, -0.15) is 0 Å². The molecular formula is C20H19FN4O2. The summed E-state index contributed by atoms with van der Waals surface area (Å²) < 4.78 is 20.1. The number of rotatable bonds is 4. The second-order valence-electron chi connectivity index (χ2n) is 6.53. The molecule has 0 radical (unpaired) electrons. The first-order chi connectivity index (χ1) is 13.1. The lowest BCUT2D eigenvalue weighted by Gasteiger charge is -2.26. The van der Waals surface area contributed by atoms with E-state index in [2.05, 4.69) is 15.3 Å². The van der Waals surface area contributed by atoms with Crippen molar-refractivity contribution in [3.05, 3.63) is 54.2 Å². The zero-order valence-corrected chi connectivity index (χ0v) is 14.6. The molecule has 1 saturated heterocycles. The van der Waals surface area contributed by atoms with E-state index in [1.54, 1.807) is 30.6 Å². The van der Waals surface area contributed by atoms with Crippen LogP contribution in [0.2, 0.25) is 0 Å². The molecule has 1 amide bonds. The van der Waals surface area contributed by atoms with Gasteiger partial charge in [-0.3, -0.25) is 14.8 Å². The molecule has 138 valence electrons. The van der Waals surface area contributed by atoms with Gasteiger partial charge >= 0.3 is 0 Å². The molecular weight excluding hydrogens is 347 g/mol. The minimum Gasteiger partial charge on any atom is -0.381 e. The van der Waals surface area contributed by atoms with Crippen LogP contribution in [0.3, 0.4) is 0 Å². The predicted octanol–water partition coefficient (Wildman–Crippen LogP) is 3.13. The first-order valence-electron chi connectivity index (χ1n) is 8.80. The molecule has 4 rings (SSSR count). The van der Waals surface area contributed by atoms with E-state index in [9.17, 15) is 9.18 Å². The first-order valence-corrected chi connectivity index (χ1v) is 8.80. The van der Waals surface area contributed by atoms with Gasteiger partial charge in [0.25, 0.3) is 5.91 Å². The highest BCUT2D eigenvalue weighted by Crippen LogP contribution is 2.33. The van der Waals surface area contributed by atoms with Gasteiger partial charge in [-0.25, -0.2) is 4.39 Å². The third-order valence-corrected chi connectivity index (χ3v) is 4.76. The molecule has 0 atom stereocenters. The van der Waals surface area contributed by atoms with Gasteiger partial charge in [0.2, 0.25) is 0 Å². The number of nitrogens with one attached hydrogen (secondary N) is 1. The average Bonchev–Trinajstić information content (AvgIpc) is 2.69. The SMILES string of the molecule is NC(=O)c1cnc2cc(F)c(-c3cccnc3)cc2c1NC1CCOCC1. The fourth-order valence-electron chi connectivity index (χ4n) is 3.35. The largest absolute Gasteiger partial charge is 0.381 e. The lowest BCUT2D eigenvalue weighted by atomic mass is 10.00. The molecule has 1 fully saturated rings. The molecule has 0 spiro atoms. The van der Waals surface area contributed by atoms with E-state index in [0.717, 1.165) is 12.8 Å². The number of hydrogen-bond acceptors (Lipinski definition) is 5. The van der Waals surface area contributed by atoms with Gasteiger partial charge in [0, 0.05) is 60.4 Å². The van der Waals surface area contributed by atoms with Crippen LogP contribution in [0, 0.1) is 5.82 Å². The molecule has 7 heteroatoms. The van der Waals surface area contributed by atoms with Crippen LogP contribution in [0.5, 0.6) is 0 Å². The van der Waals surface area contributed by atoms with Crippen LogP contribution >= 0.6 is 0 Å². The second kappa shape index (κ2) is 7.28. The lowest BCUT2D eigenvalue weighted by molar-refractivity contribution is 0.0904. The number of carbonyl (C=O) groups excluding carboxylic acids is 1. The minimum atomic E-state index is -0.578. The number of hydrogen-bond donors (Lipinski definition) is 2. The van der Waals surface area contributed by atoms with Crippen molar-refractivity contribution in [3.63, 3.8) is 0 Å². The molecule has 27 heavy (non-hydrogen) atoms. The highest BCUT2D eigenvalue weighted by Gasteiger charge is 2.20. The van der Waals surface area contributed by atoms with E-state index in [-0.39, 0.29) is 11.6 Å². The fraction of sp³-hybridized carbons (Fsp3) is 0.250. The molecule has 0 saturated carbocycles. The summed E-state index contributed by atoms with van der Waals surface area (Å²) in [4.78, 5) is 20.3. The Kier molecular flexibility index (Phi) is 4.68. The molecule has 3 aromatic rings. The maximum Gasteiger partial charge on any atom is 0.252 e. The maximum absolute atomic E-state index is 14.7. The minimum absolute atomic E-state index is 0.148. The summed E-state index contributed by atoms with van der Waals surface area (Å²) in [6.07, 6.45) is 6.27. The van der Waals surface area contributed by atoms with Crippen LogP contribution in [0.25, 0.3) is 22.0 Å². The van der Waals surface area contributed by atoms with Crippen molar-refractivity contribution >= 4 is 22.5 Å². The van der Waals surface area contributed by atoms with Gasteiger partial charge in [-0.15, -0.1) is 0 Å². The quantitative estimate of drug-likeness (QED) is 0.740. The summed E-state index contributed by atoms with van der Waals surface area (Å²) in [5.74, 6) is -0.974. The van der Waals surface area contributed by atoms with Crippen molar-refractivity contribution in [1.29, 1.82) is 0 Å². The molecule has 1 aromatic carbocycles. The number of nitrogens with two attached hydrogens (primary N) is 1. The van der Waals surface area contributed by atoms with Gasteiger partial charge in [0.15, 0.2) is 0 Å². The molecule has 0 aliphatic carbocycles. The van der Waals surface area contributed by atoms with Crippen LogP contribution in [0.1, 0.15) is 23.2 Å². The summed E-state index contributed by atoms with van der Waals surface area (Å²) in [5.41, 5.74) is 7.95. The number of nitrogens with zero attached hydrogens (tertiary/aromatic N) is 2. The number of carbonyl (C=O) groups is 1. The van der Waals surface area contributed by atoms with Crippen molar-refractivity contribution in [1.82, 2.24) is 9.97 Å². The van der Waals surface area contributed by atoms with E-state index < -0.39 is 11.7 Å². The summed E-state index contributed by atoms with van der Waals surface area (Å²) in [7, 11) is 0. The zero-order chi connectivity index (χ0) is 18.8. The Morgan fingerprint density at radius 2 is 2.07 bits per heavy atom. The first kappa shape index (κ1) is 17.4.